The van der Waals surface area contributed by atoms with Crippen LogP contribution in [-0.4, -0.2) is 22.6 Å². The zero-order valence-corrected chi connectivity index (χ0v) is 16.4. The van der Waals surface area contributed by atoms with Crippen molar-refractivity contribution in [1.29, 1.82) is 0 Å². The number of amides is 1. The fraction of sp³-hybridized carbons (Fsp3) is 0.348. The number of anilines is 1. The van der Waals surface area contributed by atoms with E-state index in [0.717, 1.165) is 23.2 Å². The van der Waals surface area contributed by atoms with Gasteiger partial charge in [0.05, 0.1) is 0 Å². The van der Waals surface area contributed by atoms with Gasteiger partial charge in [0.2, 0.25) is 5.91 Å². The zero-order valence-electron chi connectivity index (χ0n) is 16.4. The van der Waals surface area contributed by atoms with E-state index in [9.17, 15) is 4.79 Å². The van der Waals surface area contributed by atoms with E-state index in [2.05, 4.69) is 29.2 Å². The summed E-state index contributed by atoms with van der Waals surface area (Å²) >= 11 is 0. The van der Waals surface area contributed by atoms with Crippen molar-refractivity contribution in [2.24, 2.45) is 0 Å². The molecule has 1 unspecified atom stereocenters. The molecule has 1 aliphatic heterocycles. The van der Waals surface area contributed by atoms with Gasteiger partial charge in [-0.2, -0.15) is 4.98 Å². The molecule has 1 atom stereocenters. The van der Waals surface area contributed by atoms with Crippen LogP contribution in [0.3, 0.4) is 0 Å². The fourth-order valence-corrected chi connectivity index (χ4v) is 3.65. The Morgan fingerprint density at radius 3 is 2.75 bits per heavy atom. The molecule has 0 N–H and O–H groups in total. The summed E-state index contributed by atoms with van der Waals surface area (Å²) in [6.45, 7) is 4.81. The molecule has 3 aromatic rings. The molecule has 0 saturated carbocycles. The lowest BCUT2D eigenvalue weighted by Crippen LogP contribution is -2.24. The molecule has 0 radical (unpaired) electrons. The van der Waals surface area contributed by atoms with Crippen molar-refractivity contribution >= 4 is 11.6 Å². The van der Waals surface area contributed by atoms with E-state index in [1.165, 1.54) is 18.4 Å². The Labute approximate surface area is 165 Å². The Morgan fingerprint density at radius 2 is 2.00 bits per heavy atom. The third-order valence-electron chi connectivity index (χ3n) is 5.26. The van der Waals surface area contributed by atoms with Crippen molar-refractivity contribution in [2.45, 2.75) is 45.4 Å². The fourth-order valence-electron chi connectivity index (χ4n) is 3.65. The molecule has 0 aliphatic carbocycles. The lowest BCUT2D eigenvalue weighted by atomic mass is 10.1. The van der Waals surface area contributed by atoms with Gasteiger partial charge in [-0.15, -0.1) is 0 Å². The van der Waals surface area contributed by atoms with Gasteiger partial charge in [-0.05, 0) is 49.6 Å². The van der Waals surface area contributed by atoms with Crippen LogP contribution in [0.4, 0.5) is 5.69 Å². The highest BCUT2D eigenvalue weighted by atomic mass is 16.5. The van der Waals surface area contributed by atoms with E-state index >= 15 is 0 Å². The maximum Gasteiger partial charge on any atom is 0.257 e. The maximum atomic E-state index is 12.6. The molecule has 1 amide bonds. The largest absolute Gasteiger partial charge is 0.334 e. The van der Waals surface area contributed by atoms with Gasteiger partial charge in [0, 0.05) is 30.1 Å². The molecule has 1 aliphatic rings. The number of carbonyl (C=O) groups is 1. The number of hydrogen-bond acceptors (Lipinski definition) is 4. The summed E-state index contributed by atoms with van der Waals surface area (Å²) in [5.41, 5.74) is 4.30. The minimum atomic E-state index is -0.0467. The molecular formula is C23H25N3O2. The molecule has 1 aromatic heterocycles. The molecule has 0 bridgehead atoms. The predicted molar refractivity (Wildman–Crippen MR) is 109 cm³/mol. The van der Waals surface area contributed by atoms with Crippen LogP contribution in [0.5, 0.6) is 0 Å². The number of benzene rings is 2. The molecule has 2 aromatic carbocycles. The first-order valence-corrected chi connectivity index (χ1v) is 9.94. The molecule has 1 fully saturated rings. The number of aromatic nitrogens is 2. The summed E-state index contributed by atoms with van der Waals surface area (Å²) in [5, 5.41) is 4.15. The number of unbranched alkanes of at least 4 members (excludes halogenated alkanes) is 1. The molecule has 144 valence electrons. The highest BCUT2D eigenvalue weighted by molar-refractivity contribution is 5.96. The van der Waals surface area contributed by atoms with Gasteiger partial charge in [0.1, 0.15) is 0 Å². The average Bonchev–Trinajstić information content (AvgIpc) is 3.34. The minimum Gasteiger partial charge on any atom is -0.334 e. The van der Waals surface area contributed by atoms with Gasteiger partial charge in [-0.1, -0.05) is 48.3 Å². The SMILES string of the molecule is CCCCc1ccc(N2CC(c3noc(-c4cccc(C)c4)n3)CC2=O)cc1. The zero-order chi connectivity index (χ0) is 19.5. The van der Waals surface area contributed by atoms with Crippen molar-refractivity contribution in [3.8, 4) is 11.5 Å². The normalized spacial score (nSPS) is 16.7. The van der Waals surface area contributed by atoms with E-state index in [0.29, 0.717) is 24.7 Å². The third kappa shape index (κ3) is 3.84. The van der Waals surface area contributed by atoms with Crippen LogP contribution in [-0.2, 0) is 11.2 Å². The summed E-state index contributed by atoms with van der Waals surface area (Å²) in [5.74, 6) is 1.17. The molecule has 5 heteroatoms. The Kier molecular flexibility index (Phi) is 5.24. The van der Waals surface area contributed by atoms with Gasteiger partial charge in [-0.3, -0.25) is 4.79 Å². The highest BCUT2D eigenvalue weighted by Crippen LogP contribution is 2.31. The van der Waals surface area contributed by atoms with E-state index in [1.807, 2.05) is 48.2 Å². The summed E-state index contributed by atoms with van der Waals surface area (Å²) in [4.78, 5) is 19.0. The van der Waals surface area contributed by atoms with Crippen LogP contribution in [0.25, 0.3) is 11.5 Å². The highest BCUT2D eigenvalue weighted by Gasteiger charge is 2.34. The summed E-state index contributed by atoms with van der Waals surface area (Å²) in [7, 11) is 0. The van der Waals surface area contributed by atoms with Crippen molar-refractivity contribution in [3.63, 3.8) is 0 Å². The van der Waals surface area contributed by atoms with Gasteiger partial charge in [0.15, 0.2) is 5.82 Å². The molecule has 2 heterocycles. The van der Waals surface area contributed by atoms with Crippen LogP contribution < -0.4 is 4.90 Å². The van der Waals surface area contributed by atoms with E-state index in [1.54, 1.807) is 0 Å². The predicted octanol–water partition coefficient (Wildman–Crippen LogP) is 4.91. The standard InChI is InChI=1S/C23H25N3O2/c1-3-4-7-17-9-11-20(12-10-17)26-15-19(14-21(26)27)22-24-23(28-25-22)18-8-5-6-16(2)13-18/h5-6,8-13,19H,3-4,7,14-15H2,1-2H3. The first-order chi connectivity index (χ1) is 13.6. The van der Waals surface area contributed by atoms with Crippen molar-refractivity contribution in [3.05, 3.63) is 65.5 Å². The Hall–Kier alpha value is -2.95. The molecule has 0 spiro atoms. The summed E-state index contributed by atoms with van der Waals surface area (Å²) < 4.78 is 5.46. The van der Waals surface area contributed by atoms with E-state index in [-0.39, 0.29) is 11.8 Å². The van der Waals surface area contributed by atoms with E-state index < -0.39 is 0 Å². The lowest BCUT2D eigenvalue weighted by Gasteiger charge is -2.16. The molecular weight excluding hydrogens is 350 g/mol. The van der Waals surface area contributed by atoms with E-state index in [4.69, 9.17) is 4.52 Å². The van der Waals surface area contributed by atoms with Gasteiger partial charge < -0.3 is 9.42 Å². The second-order valence-electron chi connectivity index (χ2n) is 7.50. The number of hydrogen-bond donors (Lipinski definition) is 0. The average molecular weight is 375 g/mol. The summed E-state index contributed by atoms with van der Waals surface area (Å²) in [6, 6.07) is 16.3. The number of carbonyl (C=O) groups excluding carboxylic acids is 1. The molecule has 5 nitrogen and oxygen atoms in total. The molecule has 1 saturated heterocycles. The van der Waals surface area contributed by atoms with Gasteiger partial charge in [-0.25, -0.2) is 0 Å². The second-order valence-corrected chi connectivity index (χ2v) is 7.50. The molecule has 28 heavy (non-hydrogen) atoms. The van der Waals surface area contributed by atoms with Gasteiger partial charge in [0.25, 0.3) is 5.89 Å². The van der Waals surface area contributed by atoms with Crippen LogP contribution in [0, 0.1) is 6.92 Å². The lowest BCUT2D eigenvalue weighted by molar-refractivity contribution is -0.117. The van der Waals surface area contributed by atoms with Crippen LogP contribution in [0.2, 0.25) is 0 Å². The minimum absolute atomic E-state index is 0.0467. The number of rotatable bonds is 6. The van der Waals surface area contributed by atoms with Crippen LogP contribution in [0.1, 0.15) is 49.1 Å². The van der Waals surface area contributed by atoms with Crippen LogP contribution >= 0.6 is 0 Å². The molecule has 4 rings (SSSR count). The second kappa shape index (κ2) is 7.97. The Balaban J connectivity index is 1.48. The number of nitrogens with zero attached hydrogens (tertiary/aromatic N) is 3. The Morgan fingerprint density at radius 1 is 1.18 bits per heavy atom. The van der Waals surface area contributed by atoms with Crippen molar-refractivity contribution in [2.75, 3.05) is 11.4 Å². The monoisotopic (exact) mass is 375 g/mol. The number of aryl methyl sites for hydroxylation is 2. The van der Waals surface area contributed by atoms with Crippen molar-refractivity contribution < 1.29 is 9.32 Å². The first-order valence-electron chi connectivity index (χ1n) is 9.94. The first kappa shape index (κ1) is 18.4. The van der Waals surface area contributed by atoms with Gasteiger partial charge >= 0.3 is 0 Å². The quantitative estimate of drug-likeness (QED) is 0.614. The van der Waals surface area contributed by atoms with Crippen LogP contribution in [0.15, 0.2) is 53.1 Å². The third-order valence-corrected chi connectivity index (χ3v) is 5.26. The summed E-state index contributed by atoms with van der Waals surface area (Å²) in [6.07, 6.45) is 3.86. The maximum absolute atomic E-state index is 12.6. The van der Waals surface area contributed by atoms with Crippen molar-refractivity contribution in [1.82, 2.24) is 10.1 Å². The Bertz CT molecular complexity index is 962. The topological polar surface area (TPSA) is 59.2 Å². The smallest absolute Gasteiger partial charge is 0.257 e.